The van der Waals surface area contributed by atoms with Gasteiger partial charge in [0.15, 0.2) is 17.3 Å². The molecule has 2 aliphatic heterocycles. The van der Waals surface area contributed by atoms with Crippen molar-refractivity contribution in [2.45, 2.75) is 193 Å². The van der Waals surface area contributed by atoms with Crippen LogP contribution in [0.15, 0.2) is 101 Å². The minimum Gasteiger partial charge on any atom is -0.748 e. The third-order valence-electron chi connectivity index (χ3n) is 16.3. The standard InChI is InChI=1S/C63H90N4O9S2.O3S/c1-48-33-36-55-53(47-48)63(4,5)59(67(55)44-23-25-46-78(74,75)76)40-35-50-28-26-27-49(34-39-58-62(2,3)52-30-18-19-31-54(52)66(58)43-22-24-45-77(71,72)73)61(50)65-42-21-15-10-7-6-8-13-17-32-60(70)64-41-20-14-11-9-12-16-29-51-56(68)37-38-57(51)69;1-4(2)3/h18-19,30-31,33-40,47,51H,6-17,20-29,32,41-46H2,1-5H3,(H3,64,70,71,72,73,74,75,76);/b50-35+,59-40+;. The molecule has 82 heavy (non-hydrogen) atoms. The Morgan fingerprint density at radius 2 is 1.34 bits per heavy atom. The third-order valence-corrected chi connectivity index (χ3v) is 17.9. The van der Waals surface area contributed by atoms with Crippen molar-refractivity contribution in [2.24, 2.45) is 5.92 Å². The number of para-hydroxylation sites is 1. The molecule has 0 saturated heterocycles. The summed E-state index contributed by atoms with van der Waals surface area (Å²) in [5.74, 6) is -1.04. The van der Waals surface area contributed by atoms with Crippen LogP contribution in [0.25, 0.3) is 0 Å². The minimum absolute atomic E-state index is 0.0490. The molecule has 6 rings (SSSR count). The summed E-state index contributed by atoms with van der Waals surface area (Å²) >= 11 is 0. The van der Waals surface area contributed by atoms with E-state index in [-0.39, 0.29) is 39.8 Å². The van der Waals surface area contributed by atoms with Crippen LogP contribution in [-0.4, -0.2) is 104 Å². The average Bonchev–Trinajstić information content (AvgIpc) is 4.06. The number of ketones is 2. The van der Waals surface area contributed by atoms with E-state index in [2.05, 4.69) is 115 Å². The van der Waals surface area contributed by atoms with E-state index in [9.17, 15) is 40.3 Å². The van der Waals surface area contributed by atoms with Crippen molar-refractivity contribution in [1.82, 2.24) is 10.6 Å². The summed E-state index contributed by atoms with van der Waals surface area (Å²) in [6, 6.07) is 14.9. The number of rotatable bonds is 34. The Labute approximate surface area is 490 Å². The molecule has 0 spiro atoms. The molecule has 3 N–H and O–H groups in total. The van der Waals surface area contributed by atoms with Crippen LogP contribution in [0.1, 0.15) is 192 Å². The number of nitrogens with zero attached hydrogens (tertiary/aromatic N) is 2. The lowest BCUT2D eigenvalue weighted by Gasteiger charge is -2.28. The Hall–Kier alpha value is -5.34. The smallest absolute Gasteiger partial charge is 0.425 e. The van der Waals surface area contributed by atoms with Crippen LogP contribution >= 0.6 is 0 Å². The monoisotopic (exact) mass is 1190 g/mol. The Kier molecular flexibility index (Phi) is 26.9. The van der Waals surface area contributed by atoms with Gasteiger partial charge in [-0.05, 0) is 126 Å². The summed E-state index contributed by atoms with van der Waals surface area (Å²) in [5, 5.41) is 7.01. The number of amides is 1. The Morgan fingerprint density at radius 1 is 0.732 bits per heavy atom. The number of fused-ring (bicyclic) bond motifs is 2. The molecule has 2 heterocycles. The first-order valence-corrected chi connectivity index (χ1v) is 34.0. The Balaban J connectivity index is 0.00000298. The molecule has 0 saturated carbocycles. The summed E-state index contributed by atoms with van der Waals surface area (Å²) in [5.41, 5.74) is 11.1. The second-order valence-corrected chi connectivity index (χ2v) is 26.9. The van der Waals surface area contributed by atoms with Gasteiger partial charge in [-0.2, -0.15) is 13.0 Å². The molecule has 0 atom stereocenters. The molecule has 19 heteroatoms. The van der Waals surface area contributed by atoms with E-state index >= 15 is 0 Å². The van der Waals surface area contributed by atoms with Crippen LogP contribution in [0.3, 0.4) is 0 Å². The van der Waals surface area contributed by atoms with Gasteiger partial charge in [-0.1, -0.05) is 133 Å². The van der Waals surface area contributed by atoms with Crippen LogP contribution in [0, 0.1) is 12.8 Å². The maximum Gasteiger partial charge on any atom is 0.425 e. The number of unbranched alkanes of at least 4 members (excludes halogenated alkanes) is 14. The van der Waals surface area contributed by atoms with E-state index in [1.165, 1.54) is 46.4 Å². The first-order valence-electron chi connectivity index (χ1n) is 29.8. The number of allylic oxidation sites excluding steroid dienone is 9. The first kappa shape index (κ1) is 67.5. The van der Waals surface area contributed by atoms with Crippen molar-refractivity contribution in [3.05, 3.63) is 118 Å². The molecule has 16 nitrogen and oxygen atoms in total. The first-order chi connectivity index (χ1) is 38.9. The number of anilines is 1. The maximum atomic E-state index is 12.5. The summed E-state index contributed by atoms with van der Waals surface area (Å²) in [6.45, 7) is 13.9. The molecule has 0 radical (unpaired) electrons. The van der Waals surface area contributed by atoms with Crippen LogP contribution < -0.4 is 15.5 Å². The van der Waals surface area contributed by atoms with Gasteiger partial charge in [0.2, 0.25) is 11.6 Å². The molecular weight excluding hydrogens is 1100 g/mol. The maximum absolute atomic E-state index is 12.5. The van der Waals surface area contributed by atoms with E-state index in [1.54, 1.807) is 0 Å². The van der Waals surface area contributed by atoms with E-state index in [0.717, 1.165) is 138 Å². The van der Waals surface area contributed by atoms with Crippen molar-refractivity contribution in [3.8, 4) is 0 Å². The largest absolute Gasteiger partial charge is 0.748 e. The van der Waals surface area contributed by atoms with Crippen molar-refractivity contribution < 1.29 is 57.5 Å². The van der Waals surface area contributed by atoms with Crippen LogP contribution in [-0.2, 0) is 56.1 Å². The molecule has 4 aliphatic rings. The second kappa shape index (κ2) is 32.6. The molecule has 0 unspecified atom stereocenters. The highest BCUT2D eigenvalue weighted by Gasteiger charge is 2.44. The molecular formula is C63H90N4O12S3. The third kappa shape index (κ3) is 21.4. The van der Waals surface area contributed by atoms with Gasteiger partial charge < -0.3 is 20.1 Å². The normalized spacial score (nSPS) is 17.8. The van der Waals surface area contributed by atoms with Gasteiger partial charge in [-0.3, -0.25) is 18.9 Å². The Bertz CT molecular complexity index is 3060. The molecule has 0 bridgehead atoms. The van der Waals surface area contributed by atoms with Gasteiger partial charge in [0.25, 0.3) is 10.1 Å². The number of carbonyl (C=O) groups is 3. The minimum atomic E-state index is -4.29. The fraction of sp³-hybridized carbons (Fsp3) is 0.587. The lowest BCUT2D eigenvalue weighted by atomic mass is 9.81. The topological polar surface area (TPSA) is 244 Å². The summed E-state index contributed by atoms with van der Waals surface area (Å²) in [7, 11) is -11.5. The molecule has 2 aliphatic carbocycles. The number of aryl methyl sites for hydroxylation is 1. The van der Waals surface area contributed by atoms with E-state index in [0.29, 0.717) is 58.2 Å². The summed E-state index contributed by atoms with van der Waals surface area (Å²) < 4.78 is 94.7. The zero-order valence-corrected chi connectivity index (χ0v) is 51.6. The quantitative estimate of drug-likeness (QED) is 0.0255. The molecule has 1 amide bonds. The highest BCUT2D eigenvalue weighted by molar-refractivity contribution is 7.85. The van der Waals surface area contributed by atoms with Crippen LogP contribution in [0.2, 0.25) is 0 Å². The van der Waals surface area contributed by atoms with Crippen molar-refractivity contribution in [1.29, 1.82) is 0 Å². The molecule has 0 fully saturated rings. The average molecular weight is 1190 g/mol. The van der Waals surface area contributed by atoms with E-state index < -0.39 is 36.8 Å². The fourth-order valence-electron chi connectivity index (χ4n) is 11.9. The van der Waals surface area contributed by atoms with Crippen LogP contribution in [0.5, 0.6) is 0 Å². The Morgan fingerprint density at radius 3 is 2.00 bits per heavy atom. The van der Waals surface area contributed by atoms with Gasteiger partial charge in [-0.15, -0.1) is 12.6 Å². The lowest BCUT2D eigenvalue weighted by molar-refractivity contribution is -0.438. The highest BCUT2D eigenvalue weighted by atomic mass is 32.2. The number of carbonyl (C=O) groups excluding carboxylic acids is 3. The molecule has 0 aromatic heterocycles. The molecule has 2 aromatic rings. The predicted octanol–water partition coefficient (Wildman–Crippen LogP) is 11.2. The second-order valence-electron chi connectivity index (χ2n) is 23.4. The van der Waals surface area contributed by atoms with Crippen molar-refractivity contribution in [3.63, 3.8) is 0 Å². The lowest BCUT2D eigenvalue weighted by Crippen LogP contribution is -2.28. The van der Waals surface area contributed by atoms with Gasteiger partial charge in [-0.25, -0.2) is 8.42 Å². The summed E-state index contributed by atoms with van der Waals surface area (Å²) in [6.07, 6.45) is 32.6. The zero-order valence-electron chi connectivity index (χ0n) is 49.1. The number of benzene rings is 2. The predicted molar refractivity (Wildman–Crippen MR) is 324 cm³/mol. The molecule has 2 aromatic carbocycles. The van der Waals surface area contributed by atoms with Gasteiger partial charge in [0.1, 0.15) is 6.54 Å². The van der Waals surface area contributed by atoms with E-state index in [4.69, 9.17) is 12.6 Å². The van der Waals surface area contributed by atoms with Gasteiger partial charge in [0, 0.05) is 78.4 Å². The highest BCUT2D eigenvalue weighted by Crippen LogP contribution is 2.48. The number of nitrogens with one attached hydrogen (secondary N) is 2. The van der Waals surface area contributed by atoms with E-state index in [1.807, 2.05) is 6.07 Å². The van der Waals surface area contributed by atoms with Crippen molar-refractivity contribution >= 4 is 65.4 Å². The van der Waals surface area contributed by atoms with Crippen molar-refractivity contribution in [2.75, 3.05) is 42.6 Å². The van der Waals surface area contributed by atoms with Gasteiger partial charge >= 0.3 is 10.6 Å². The number of hydrogen-bond donors (Lipinski definition) is 3. The zero-order chi connectivity index (χ0) is 59.9. The van der Waals surface area contributed by atoms with Crippen LogP contribution in [0.4, 0.5) is 11.4 Å². The SMILES string of the molecule is Cc1ccc2c(c1)C(C)(C)/C(=C\C=C1/CCCC(/C=C/C3=[N+](CCCCS(=O)(=O)[O-])c4ccccc4C3(C)C)=C1NCCCCCCCCCCC(=O)NCCCCCCCCC1C(=O)C=CC1=O)N2CCCCS(=O)(=O)O.O=S(=O)=O. The fourth-order valence-corrected chi connectivity index (χ4v) is 13.0. The molecule has 452 valence electrons. The summed E-state index contributed by atoms with van der Waals surface area (Å²) in [4.78, 5) is 38.3. The number of hydrogen-bond acceptors (Lipinski definition) is 13. The van der Waals surface area contributed by atoms with Gasteiger partial charge in [0.05, 0.1) is 27.2 Å².